The quantitative estimate of drug-likeness (QED) is 0.447. The molecule has 4 nitrogen and oxygen atoms in total. The van der Waals surface area contributed by atoms with Crippen LogP contribution in [-0.4, -0.2) is 22.8 Å². The fraction of sp³-hybridized carbons (Fsp3) is 0.571. The third kappa shape index (κ3) is 6.07. The summed E-state index contributed by atoms with van der Waals surface area (Å²) < 4.78 is 0. The van der Waals surface area contributed by atoms with Crippen molar-refractivity contribution in [3.8, 4) is 0 Å². The number of non-ortho nitro benzene ring substituents is 1. The first kappa shape index (κ1) is 16.0. The Hall–Kier alpha value is -1.07. The number of hydrogen-bond donors (Lipinski definition) is 1. The Morgan fingerprint density at radius 1 is 1.32 bits per heavy atom. The SMILES string of the molecule is CCCNC(C)CC(C)Sc1ccc([N+](=O)[O-])cc1. The van der Waals surface area contributed by atoms with Crippen LogP contribution in [0.5, 0.6) is 0 Å². The highest BCUT2D eigenvalue weighted by Crippen LogP contribution is 2.27. The lowest BCUT2D eigenvalue weighted by atomic mass is 10.2. The van der Waals surface area contributed by atoms with Crippen molar-refractivity contribution in [3.05, 3.63) is 34.4 Å². The van der Waals surface area contributed by atoms with Gasteiger partial charge in [0, 0.05) is 28.3 Å². The Morgan fingerprint density at radius 2 is 1.95 bits per heavy atom. The minimum absolute atomic E-state index is 0.148. The molecule has 0 fully saturated rings. The van der Waals surface area contributed by atoms with Gasteiger partial charge in [-0.25, -0.2) is 0 Å². The van der Waals surface area contributed by atoms with Crippen molar-refractivity contribution in [2.24, 2.45) is 0 Å². The van der Waals surface area contributed by atoms with Crippen molar-refractivity contribution in [1.82, 2.24) is 5.32 Å². The number of nitrogens with one attached hydrogen (secondary N) is 1. The van der Waals surface area contributed by atoms with Crippen molar-refractivity contribution in [1.29, 1.82) is 0 Å². The van der Waals surface area contributed by atoms with E-state index in [2.05, 4.69) is 26.1 Å². The second-order valence-electron chi connectivity index (χ2n) is 4.77. The molecule has 0 amide bonds. The lowest BCUT2D eigenvalue weighted by Crippen LogP contribution is -2.29. The van der Waals surface area contributed by atoms with E-state index in [4.69, 9.17) is 0 Å². The summed E-state index contributed by atoms with van der Waals surface area (Å²) in [4.78, 5) is 11.3. The average Bonchev–Trinajstić information content (AvgIpc) is 2.36. The zero-order valence-electron chi connectivity index (χ0n) is 11.8. The molecule has 0 saturated carbocycles. The van der Waals surface area contributed by atoms with Crippen LogP contribution in [0.15, 0.2) is 29.2 Å². The summed E-state index contributed by atoms with van der Waals surface area (Å²) in [7, 11) is 0. The second-order valence-corrected chi connectivity index (χ2v) is 6.28. The number of nitro benzene ring substituents is 1. The molecule has 0 saturated heterocycles. The maximum absolute atomic E-state index is 10.6. The van der Waals surface area contributed by atoms with E-state index >= 15 is 0 Å². The minimum atomic E-state index is -0.366. The molecule has 0 aromatic heterocycles. The molecule has 1 aromatic rings. The van der Waals surface area contributed by atoms with E-state index in [-0.39, 0.29) is 10.6 Å². The lowest BCUT2D eigenvalue weighted by molar-refractivity contribution is -0.384. The Labute approximate surface area is 119 Å². The first-order valence-corrected chi connectivity index (χ1v) is 7.55. The molecule has 5 heteroatoms. The van der Waals surface area contributed by atoms with E-state index in [1.165, 1.54) is 0 Å². The summed E-state index contributed by atoms with van der Waals surface area (Å²) >= 11 is 1.76. The topological polar surface area (TPSA) is 55.2 Å². The predicted molar refractivity (Wildman–Crippen MR) is 80.8 cm³/mol. The van der Waals surface area contributed by atoms with Gasteiger partial charge in [-0.2, -0.15) is 0 Å². The molecule has 106 valence electrons. The Morgan fingerprint density at radius 3 is 2.47 bits per heavy atom. The normalized spacial score (nSPS) is 14.1. The maximum Gasteiger partial charge on any atom is 0.269 e. The van der Waals surface area contributed by atoms with Gasteiger partial charge >= 0.3 is 0 Å². The highest BCUT2D eigenvalue weighted by Gasteiger charge is 2.10. The third-order valence-electron chi connectivity index (χ3n) is 2.81. The molecule has 0 aliphatic heterocycles. The van der Waals surface area contributed by atoms with Gasteiger partial charge in [0.15, 0.2) is 0 Å². The molecule has 0 heterocycles. The van der Waals surface area contributed by atoms with Gasteiger partial charge in [-0.3, -0.25) is 10.1 Å². The van der Waals surface area contributed by atoms with Gasteiger partial charge < -0.3 is 5.32 Å². The van der Waals surface area contributed by atoms with Gasteiger partial charge in [0.2, 0.25) is 0 Å². The van der Waals surface area contributed by atoms with Crippen molar-refractivity contribution in [2.75, 3.05) is 6.54 Å². The molecule has 1 N–H and O–H groups in total. The summed E-state index contributed by atoms with van der Waals surface area (Å²) in [5.41, 5.74) is 0.148. The molecule has 0 aliphatic rings. The summed E-state index contributed by atoms with van der Waals surface area (Å²) in [5, 5.41) is 14.5. The van der Waals surface area contributed by atoms with Crippen LogP contribution in [0.3, 0.4) is 0 Å². The Bertz CT molecular complexity index is 395. The monoisotopic (exact) mass is 282 g/mol. The van der Waals surface area contributed by atoms with Crippen LogP contribution >= 0.6 is 11.8 Å². The van der Waals surface area contributed by atoms with Crippen molar-refractivity contribution >= 4 is 17.4 Å². The maximum atomic E-state index is 10.6. The van der Waals surface area contributed by atoms with Gasteiger partial charge in [0.1, 0.15) is 0 Å². The van der Waals surface area contributed by atoms with Gasteiger partial charge in [-0.15, -0.1) is 11.8 Å². The van der Waals surface area contributed by atoms with Gasteiger partial charge in [0.05, 0.1) is 4.92 Å². The van der Waals surface area contributed by atoms with Crippen molar-refractivity contribution in [3.63, 3.8) is 0 Å². The first-order valence-electron chi connectivity index (χ1n) is 6.67. The smallest absolute Gasteiger partial charge is 0.269 e. The van der Waals surface area contributed by atoms with Crippen LogP contribution in [0.1, 0.15) is 33.6 Å². The molecule has 2 atom stereocenters. The zero-order valence-corrected chi connectivity index (χ0v) is 12.6. The Balaban J connectivity index is 2.43. The number of benzene rings is 1. The Kier molecular flexibility index (Phi) is 6.87. The lowest BCUT2D eigenvalue weighted by Gasteiger charge is -2.18. The van der Waals surface area contributed by atoms with Gasteiger partial charge in [0.25, 0.3) is 5.69 Å². The zero-order chi connectivity index (χ0) is 14.3. The second kappa shape index (κ2) is 8.17. The fourth-order valence-corrected chi connectivity index (χ4v) is 3.04. The number of rotatable bonds is 8. The van der Waals surface area contributed by atoms with Gasteiger partial charge in [-0.1, -0.05) is 13.8 Å². The molecular formula is C14H22N2O2S. The molecule has 0 aliphatic carbocycles. The number of nitro groups is 1. The molecule has 2 unspecified atom stereocenters. The summed E-state index contributed by atoms with van der Waals surface area (Å²) in [5.74, 6) is 0. The largest absolute Gasteiger partial charge is 0.314 e. The summed E-state index contributed by atoms with van der Waals surface area (Å²) in [6.45, 7) is 7.60. The molecule has 1 rings (SSSR count). The molecule has 0 spiro atoms. The summed E-state index contributed by atoms with van der Waals surface area (Å²) in [6, 6.07) is 7.27. The third-order valence-corrected chi connectivity index (χ3v) is 3.95. The molecule has 0 radical (unpaired) electrons. The molecule has 1 aromatic carbocycles. The van der Waals surface area contributed by atoms with E-state index in [0.717, 1.165) is 24.3 Å². The van der Waals surface area contributed by atoms with E-state index in [1.807, 2.05) is 12.1 Å². The number of hydrogen-bond acceptors (Lipinski definition) is 4. The van der Waals surface area contributed by atoms with E-state index in [0.29, 0.717) is 11.3 Å². The van der Waals surface area contributed by atoms with Crippen molar-refractivity contribution in [2.45, 2.75) is 49.8 Å². The van der Waals surface area contributed by atoms with Crippen LogP contribution in [-0.2, 0) is 0 Å². The van der Waals surface area contributed by atoms with Crippen LogP contribution < -0.4 is 5.32 Å². The van der Waals surface area contributed by atoms with Crippen LogP contribution in [0, 0.1) is 10.1 Å². The molecular weight excluding hydrogens is 260 g/mol. The van der Waals surface area contributed by atoms with E-state index in [9.17, 15) is 10.1 Å². The van der Waals surface area contributed by atoms with Crippen LogP contribution in [0.2, 0.25) is 0 Å². The summed E-state index contributed by atoms with van der Waals surface area (Å²) in [6.07, 6.45) is 2.23. The fourth-order valence-electron chi connectivity index (χ4n) is 1.90. The average molecular weight is 282 g/mol. The highest BCUT2D eigenvalue weighted by atomic mass is 32.2. The molecule has 0 bridgehead atoms. The van der Waals surface area contributed by atoms with E-state index < -0.39 is 0 Å². The van der Waals surface area contributed by atoms with E-state index in [1.54, 1.807) is 23.9 Å². The first-order chi connectivity index (χ1) is 9.02. The standard InChI is InChI=1S/C14H22N2O2S/c1-4-9-15-11(2)10-12(3)19-14-7-5-13(6-8-14)16(17)18/h5-8,11-12,15H,4,9-10H2,1-3H3. The minimum Gasteiger partial charge on any atom is -0.314 e. The van der Waals surface area contributed by atoms with Crippen LogP contribution in [0.25, 0.3) is 0 Å². The van der Waals surface area contributed by atoms with Gasteiger partial charge in [-0.05, 0) is 38.4 Å². The highest BCUT2D eigenvalue weighted by molar-refractivity contribution is 7.99. The number of thioether (sulfide) groups is 1. The van der Waals surface area contributed by atoms with Crippen molar-refractivity contribution < 1.29 is 4.92 Å². The number of nitrogens with zero attached hydrogens (tertiary/aromatic N) is 1. The van der Waals surface area contributed by atoms with Crippen LogP contribution in [0.4, 0.5) is 5.69 Å². The molecule has 19 heavy (non-hydrogen) atoms. The predicted octanol–water partition coefficient (Wildman–Crippen LogP) is 3.85.